The number of benzene rings is 3. The Labute approximate surface area is 220 Å². The van der Waals surface area contributed by atoms with Crippen molar-refractivity contribution in [2.75, 3.05) is 26.2 Å². The van der Waals surface area contributed by atoms with Crippen molar-refractivity contribution in [2.45, 2.75) is 31.7 Å². The van der Waals surface area contributed by atoms with Gasteiger partial charge in [0.05, 0.1) is 32.9 Å². The van der Waals surface area contributed by atoms with E-state index in [1.165, 1.54) is 56.1 Å². The average Bonchev–Trinajstić information content (AvgIpc) is 3.21. The number of rotatable bonds is 6. The fourth-order valence-electron chi connectivity index (χ4n) is 5.31. The Morgan fingerprint density at radius 3 is 2.11 bits per heavy atom. The molecule has 1 heterocycles. The molecule has 5 rings (SSSR count). The lowest BCUT2D eigenvalue weighted by Crippen LogP contribution is -2.29. The number of Topliss-reactive ketones (excluding diaryl/α,β-unsaturated/α-hetero) is 1. The molecule has 0 saturated carbocycles. The Morgan fingerprint density at radius 2 is 1.50 bits per heavy atom. The largest absolute Gasteiger partial charge is 0.507 e. The number of hydrogen-bond donors (Lipinski definition) is 1. The summed E-state index contributed by atoms with van der Waals surface area (Å²) in [6.07, 6.45) is 4.02. The van der Waals surface area contributed by atoms with Gasteiger partial charge in [0, 0.05) is 11.3 Å². The lowest BCUT2D eigenvalue weighted by atomic mass is 9.88. The summed E-state index contributed by atoms with van der Waals surface area (Å²) in [5, 5.41) is 11.5. The number of halogens is 1. The van der Waals surface area contributed by atoms with Gasteiger partial charge in [-0.2, -0.15) is 0 Å². The van der Waals surface area contributed by atoms with E-state index in [0.717, 1.165) is 31.2 Å². The van der Waals surface area contributed by atoms with Gasteiger partial charge in [-0.3, -0.25) is 14.5 Å². The minimum absolute atomic E-state index is 0.0793. The highest BCUT2D eigenvalue weighted by molar-refractivity contribution is 6.51. The molecule has 1 N–H and O–H groups in total. The van der Waals surface area contributed by atoms with E-state index in [1.807, 2.05) is 12.1 Å². The lowest BCUT2D eigenvalue weighted by Gasteiger charge is -2.26. The van der Waals surface area contributed by atoms with E-state index >= 15 is 0 Å². The van der Waals surface area contributed by atoms with Crippen molar-refractivity contribution in [1.82, 2.24) is 0 Å². The first-order valence-corrected chi connectivity index (χ1v) is 12.4. The molecule has 3 aromatic rings. The first-order valence-electron chi connectivity index (χ1n) is 12.4. The summed E-state index contributed by atoms with van der Waals surface area (Å²) in [6, 6.07) is 13.1. The molecular weight excluding hydrogens is 489 g/mol. The first kappa shape index (κ1) is 25.3. The van der Waals surface area contributed by atoms with Crippen LogP contribution in [0, 0.1) is 5.82 Å². The zero-order valence-electron chi connectivity index (χ0n) is 21.4. The molecule has 1 amide bonds. The monoisotopic (exact) mass is 517 g/mol. The second-order valence-electron chi connectivity index (χ2n) is 9.29. The van der Waals surface area contributed by atoms with Crippen molar-refractivity contribution in [3.63, 3.8) is 0 Å². The molecule has 3 aromatic carbocycles. The van der Waals surface area contributed by atoms with E-state index in [-0.39, 0.29) is 11.3 Å². The van der Waals surface area contributed by atoms with Gasteiger partial charge in [-0.05, 0) is 84.8 Å². The Morgan fingerprint density at radius 1 is 0.868 bits per heavy atom. The molecule has 1 unspecified atom stereocenters. The molecule has 1 atom stereocenters. The van der Waals surface area contributed by atoms with Gasteiger partial charge in [-0.15, -0.1) is 0 Å². The van der Waals surface area contributed by atoms with Gasteiger partial charge in [0.1, 0.15) is 11.6 Å². The molecule has 0 spiro atoms. The van der Waals surface area contributed by atoms with E-state index in [4.69, 9.17) is 14.2 Å². The van der Waals surface area contributed by atoms with Crippen molar-refractivity contribution in [1.29, 1.82) is 0 Å². The van der Waals surface area contributed by atoms with Gasteiger partial charge >= 0.3 is 0 Å². The standard InChI is InChI=1S/C30H28FNO6/c1-36-23-15-20(16-24(37-2)29(23)38-3)26-25(27(33)19-9-8-17-6-4-5-7-18(17)14-19)28(34)30(35)32(26)22-12-10-21(31)11-13-22/h8-16,26,33H,4-7H2,1-3H3/b27-25+. The number of amides is 1. The van der Waals surface area contributed by atoms with E-state index in [2.05, 4.69) is 0 Å². The molecule has 1 fully saturated rings. The summed E-state index contributed by atoms with van der Waals surface area (Å²) >= 11 is 0. The highest BCUT2D eigenvalue weighted by Gasteiger charge is 2.47. The number of nitrogens with zero attached hydrogens (tertiary/aromatic N) is 1. The van der Waals surface area contributed by atoms with Gasteiger partial charge in [0.2, 0.25) is 5.75 Å². The molecule has 2 aliphatic rings. The van der Waals surface area contributed by atoms with E-state index in [1.54, 1.807) is 18.2 Å². The van der Waals surface area contributed by atoms with E-state index < -0.39 is 23.5 Å². The maximum Gasteiger partial charge on any atom is 0.300 e. The predicted octanol–water partition coefficient (Wildman–Crippen LogP) is 5.36. The SMILES string of the molecule is COc1cc(C2/C(=C(\O)c3ccc4c(c3)CCCC4)C(=O)C(=O)N2c2ccc(F)cc2)cc(OC)c1OC. The Bertz CT molecular complexity index is 1420. The number of methoxy groups -OCH3 is 3. The Hall–Kier alpha value is -4.33. The number of aliphatic hydroxyl groups is 1. The average molecular weight is 518 g/mol. The fraction of sp³-hybridized carbons (Fsp3) is 0.267. The Kier molecular flexibility index (Phi) is 6.80. The van der Waals surface area contributed by atoms with Crippen LogP contribution in [0.4, 0.5) is 10.1 Å². The minimum Gasteiger partial charge on any atom is -0.507 e. The van der Waals surface area contributed by atoms with Crippen molar-refractivity contribution < 1.29 is 33.3 Å². The van der Waals surface area contributed by atoms with Crippen LogP contribution in [0.5, 0.6) is 17.2 Å². The molecular formula is C30H28FNO6. The third-order valence-electron chi connectivity index (χ3n) is 7.17. The first-order chi connectivity index (χ1) is 18.4. The fourth-order valence-corrected chi connectivity index (χ4v) is 5.31. The van der Waals surface area contributed by atoms with Crippen LogP contribution in [-0.4, -0.2) is 38.1 Å². The molecule has 1 saturated heterocycles. The second kappa shape index (κ2) is 10.2. The van der Waals surface area contributed by atoms with Crippen molar-refractivity contribution in [3.05, 3.63) is 88.2 Å². The van der Waals surface area contributed by atoms with Gasteiger partial charge in [-0.1, -0.05) is 12.1 Å². The number of carbonyl (C=O) groups is 2. The van der Waals surface area contributed by atoms with Crippen molar-refractivity contribution in [2.24, 2.45) is 0 Å². The summed E-state index contributed by atoms with van der Waals surface area (Å²) in [5.41, 5.74) is 3.47. The summed E-state index contributed by atoms with van der Waals surface area (Å²) in [7, 11) is 4.40. The van der Waals surface area contributed by atoms with Gasteiger partial charge in [-0.25, -0.2) is 4.39 Å². The maximum atomic E-state index is 13.7. The van der Waals surface area contributed by atoms with Crippen LogP contribution in [0.2, 0.25) is 0 Å². The summed E-state index contributed by atoms with van der Waals surface area (Å²) in [5.74, 6) is -1.46. The van der Waals surface area contributed by atoms with Crippen LogP contribution in [0.25, 0.3) is 5.76 Å². The highest BCUT2D eigenvalue weighted by Crippen LogP contribution is 2.47. The number of ketones is 1. The third kappa shape index (κ3) is 4.26. The quantitative estimate of drug-likeness (QED) is 0.269. The van der Waals surface area contributed by atoms with Crippen LogP contribution in [0.1, 0.15) is 41.1 Å². The molecule has 1 aliphatic heterocycles. The summed E-state index contributed by atoms with van der Waals surface area (Å²) in [6.45, 7) is 0. The van der Waals surface area contributed by atoms with Crippen LogP contribution < -0.4 is 19.1 Å². The predicted molar refractivity (Wildman–Crippen MR) is 140 cm³/mol. The number of anilines is 1. The van der Waals surface area contributed by atoms with E-state index in [0.29, 0.717) is 34.1 Å². The molecule has 7 nitrogen and oxygen atoms in total. The second-order valence-corrected chi connectivity index (χ2v) is 9.29. The number of hydrogen-bond acceptors (Lipinski definition) is 6. The lowest BCUT2D eigenvalue weighted by molar-refractivity contribution is -0.132. The minimum atomic E-state index is -1.04. The summed E-state index contributed by atoms with van der Waals surface area (Å²) < 4.78 is 30.2. The van der Waals surface area contributed by atoms with Gasteiger partial charge in [0.15, 0.2) is 11.5 Å². The van der Waals surface area contributed by atoms with Crippen LogP contribution in [0.15, 0.2) is 60.2 Å². The zero-order valence-corrected chi connectivity index (χ0v) is 21.4. The number of fused-ring (bicyclic) bond motifs is 1. The topological polar surface area (TPSA) is 85.3 Å². The zero-order chi connectivity index (χ0) is 27.0. The third-order valence-corrected chi connectivity index (χ3v) is 7.17. The van der Waals surface area contributed by atoms with Gasteiger partial charge in [0.25, 0.3) is 11.7 Å². The molecule has 8 heteroatoms. The molecule has 38 heavy (non-hydrogen) atoms. The van der Waals surface area contributed by atoms with Crippen LogP contribution in [-0.2, 0) is 22.4 Å². The maximum absolute atomic E-state index is 13.7. The van der Waals surface area contributed by atoms with Crippen LogP contribution >= 0.6 is 0 Å². The molecule has 0 radical (unpaired) electrons. The number of aryl methyl sites for hydroxylation is 2. The Balaban J connectivity index is 1.74. The van der Waals surface area contributed by atoms with Crippen molar-refractivity contribution >= 4 is 23.1 Å². The van der Waals surface area contributed by atoms with Crippen LogP contribution in [0.3, 0.4) is 0 Å². The molecule has 196 valence electrons. The summed E-state index contributed by atoms with van der Waals surface area (Å²) in [4.78, 5) is 28.2. The normalized spacial score (nSPS) is 18.3. The molecule has 0 bridgehead atoms. The number of aliphatic hydroxyl groups excluding tert-OH is 1. The highest BCUT2D eigenvalue weighted by atomic mass is 19.1. The van der Waals surface area contributed by atoms with E-state index in [9.17, 15) is 19.1 Å². The smallest absolute Gasteiger partial charge is 0.300 e. The number of ether oxygens (including phenoxy) is 3. The molecule has 0 aromatic heterocycles. The number of carbonyl (C=O) groups excluding carboxylic acids is 2. The van der Waals surface area contributed by atoms with Gasteiger partial charge < -0.3 is 19.3 Å². The molecule has 1 aliphatic carbocycles. The van der Waals surface area contributed by atoms with Crippen molar-refractivity contribution in [3.8, 4) is 17.2 Å².